The predicted octanol–water partition coefficient (Wildman–Crippen LogP) is 2.29. The Kier molecular flexibility index (Phi) is 7.23. The summed E-state index contributed by atoms with van der Waals surface area (Å²) in [5.74, 6) is -0.195. The van der Waals surface area contributed by atoms with Crippen LogP contribution in [0.25, 0.3) is 5.69 Å². The number of carbonyl (C=O) groups excluding carboxylic acids is 1. The first-order valence-corrected chi connectivity index (χ1v) is 11.7. The molecule has 5 rings (SSSR count). The van der Waals surface area contributed by atoms with Crippen molar-refractivity contribution < 1.29 is 14.5 Å². The van der Waals surface area contributed by atoms with E-state index in [2.05, 4.69) is 20.8 Å². The maximum absolute atomic E-state index is 13.4. The summed E-state index contributed by atoms with van der Waals surface area (Å²) in [6, 6.07) is 14.4. The third-order valence-electron chi connectivity index (χ3n) is 5.72. The minimum Gasteiger partial charge on any atom is -0.375 e. The zero-order valence-electron chi connectivity index (χ0n) is 19.6. The van der Waals surface area contributed by atoms with Crippen LogP contribution in [0.1, 0.15) is 5.56 Å². The molecule has 186 valence electrons. The monoisotopic (exact) mass is 508 g/mol. The number of hydrogen-bond acceptors (Lipinski definition) is 9. The standard InChI is InChI=1S/C24H25ClN8O3/c1-30-11-5-8-20(14-30)27-24(34)23(12-18-6-3-2-4-7-18)33-17-35-32(16-36-33)22-13-19(25)9-10-21(22)31-15-26-28-29-31/h2-10,13-15,23H,11-12,16-17H2,1H3,(H,27,34). The molecule has 1 fully saturated rings. The molecule has 3 heterocycles. The fourth-order valence-corrected chi connectivity index (χ4v) is 4.12. The second-order valence-electron chi connectivity index (χ2n) is 8.32. The number of halogens is 1. The number of amides is 1. The van der Waals surface area contributed by atoms with Gasteiger partial charge in [-0.25, -0.2) is 5.06 Å². The highest BCUT2D eigenvalue weighted by molar-refractivity contribution is 6.31. The van der Waals surface area contributed by atoms with E-state index in [-0.39, 0.29) is 19.4 Å². The second kappa shape index (κ2) is 10.9. The van der Waals surface area contributed by atoms with Crippen LogP contribution in [-0.2, 0) is 20.9 Å². The molecule has 36 heavy (non-hydrogen) atoms. The highest BCUT2D eigenvalue weighted by Gasteiger charge is 2.33. The molecule has 1 unspecified atom stereocenters. The molecular formula is C24H25ClN8O3. The highest BCUT2D eigenvalue weighted by Crippen LogP contribution is 2.29. The van der Waals surface area contributed by atoms with Crippen LogP contribution >= 0.6 is 11.6 Å². The van der Waals surface area contributed by atoms with Gasteiger partial charge >= 0.3 is 0 Å². The molecule has 0 saturated carbocycles. The number of tetrazole rings is 1. The lowest BCUT2D eigenvalue weighted by Gasteiger charge is -2.38. The minimum absolute atomic E-state index is 0.0151. The number of allylic oxidation sites excluding steroid dienone is 1. The van der Waals surface area contributed by atoms with Crippen LogP contribution in [0, 0.1) is 0 Å². The van der Waals surface area contributed by atoms with E-state index >= 15 is 0 Å². The summed E-state index contributed by atoms with van der Waals surface area (Å²) in [6.45, 7) is 0.836. The summed E-state index contributed by atoms with van der Waals surface area (Å²) in [6.07, 6.45) is 7.71. The lowest BCUT2D eigenvalue weighted by molar-refractivity contribution is -0.279. The first-order chi connectivity index (χ1) is 17.6. The summed E-state index contributed by atoms with van der Waals surface area (Å²) in [5.41, 5.74) is 3.01. The van der Waals surface area contributed by atoms with Crippen molar-refractivity contribution in [3.05, 3.63) is 89.5 Å². The summed E-state index contributed by atoms with van der Waals surface area (Å²) in [5, 5.41) is 18.0. The molecule has 2 aliphatic heterocycles. The van der Waals surface area contributed by atoms with E-state index in [0.717, 1.165) is 17.8 Å². The van der Waals surface area contributed by atoms with E-state index in [0.29, 0.717) is 22.8 Å². The number of nitrogens with one attached hydrogen (secondary N) is 1. The van der Waals surface area contributed by atoms with E-state index in [4.69, 9.17) is 21.3 Å². The van der Waals surface area contributed by atoms with E-state index in [1.54, 1.807) is 28.3 Å². The summed E-state index contributed by atoms with van der Waals surface area (Å²) in [7, 11) is 1.95. The number of likely N-dealkylation sites (N-methyl/N-ethyl adjacent to an activating group) is 1. The fourth-order valence-electron chi connectivity index (χ4n) is 3.95. The molecule has 0 bridgehead atoms. The number of hydroxylamine groups is 3. The average molecular weight is 509 g/mol. The van der Waals surface area contributed by atoms with Gasteiger partial charge in [-0.05, 0) is 46.7 Å². The van der Waals surface area contributed by atoms with Crippen molar-refractivity contribution in [2.75, 3.05) is 32.1 Å². The third-order valence-corrected chi connectivity index (χ3v) is 5.96. The van der Waals surface area contributed by atoms with E-state index in [1.807, 2.05) is 60.6 Å². The molecule has 2 aromatic carbocycles. The van der Waals surface area contributed by atoms with Gasteiger partial charge in [-0.1, -0.05) is 48.0 Å². The maximum atomic E-state index is 13.4. The Morgan fingerprint density at radius 1 is 1.14 bits per heavy atom. The molecule has 1 atom stereocenters. The van der Waals surface area contributed by atoms with Crippen LogP contribution in [0.2, 0.25) is 5.02 Å². The molecular weight excluding hydrogens is 484 g/mol. The number of hydrogen-bond donors (Lipinski definition) is 1. The molecule has 0 radical (unpaired) electrons. The predicted molar refractivity (Wildman–Crippen MR) is 132 cm³/mol. The molecule has 2 aliphatic rings. The number of nitrogens with zero attached hydrogens (tertiary/aromatic N) is 7. The molecule has 1 saturated heterocycles. The third kappa shape index (κ3) is 5.55. The lowest BCUT2D eigenvalue weighted by Crippen LogP contribution is -2.54. The normalized spacial score (nSPS) is 17.1. The molecule has 1 N–H and O–H groups in total. The quantitative estimate of drug-likeness (QED) is 0.515. The maximum Gasteiger partial charge on any atom is 0.244 e. The van der Waals surface area contributed by atoms with Crippen molar-refractivity contribution in [1.82, 2.24) is 35.5 Å². The molecule has 0 spiro atoms. The second-order valence-corrected chi connectivity index (χ2v) is 8.76. The van der Waals surface area contributed by atoms with Crippen molar-refractivity contribution in [2.24, 2.45) is 0 Å². The SMILES string of the molecule is CN1C=C(NC(=O)C(Cc2ccccc2)N2CON(c3cc(Cl)ccc3-n3cnnn3)CO2)C=CC1. The largest absolute Gasteiger partial charge is 0.375 e. The zero-order chi connectivity index (χ0) is 24.9. The Morgan fingerprint density at radius 3 is 2.72 bits per heavy atom. The fraction of sp³-hybridized carbons (Fsp3) is 0.250. The Hall–Kier alpha value is -3.77. The van der Waals surface area contributed by atoms with Crippen LogP contribution < -0.4 is 10.4 Å². The summed E-state index contributed by atoms with van der Waals surface area (Å²) >= 11 is 6.25. The van der Waals surface area contributed by atoms with Crippen molar-refractivity contribution in [2.45, 2.75) is 12.5 Å². The number of aromatic nitrogens is 4. The van der Waals surface area contributed by atoms with Gasteiger partial charge in [0.05, 0.1) is 17.1 Å². The first-order valence-electron chi connectivity index (χ1n) is 11.3. The van der Waals surface area contributed by atoms with Gasteiger partial charge in [0.25, 0.3) is 0 Å². The van der Waals surface area contributed by atoms with Crippen LogP contribution in [0.5, 0.6) is 0 Å². The van der Waals surface area contributed by atoms with Crippen LogP contribution in [-0.4, -0.2) is 69.2 Å². The molecule has 1 aromatic heterocycles. The minimum atomic E-state index is -0.630. The van der Waals surface area contributed by atoms with Crippen molar-refractivity contribution in [3.63, 3.8) is 0 Å². The smallest absolute Gasteiger partial charge is 0.244 e. The van der Waals surface area contributed by atoms with Crippen molar-refractivity contribution in [3.8, 4) is 5.69 Å². The number of carbonyl (C=O) groups is 1. The topological polar surface area (TPSA) is 101 Å². The molecule has 12 heteroatoms. The summed E-state index contributed by atoms with van der Waals surface area (Å²) in [4.78, 5) is 27.5. The summed E-state index contributed by atoms with van der Waals surface area (Å²) < 4.78 is 1.51. The number of benzene rings is 2. The van der Waals surface area contributed by atoms with E-state index < -0.39 is 6.04 Å². The van der Waals surface area contributed by atoms with Gasteiger partial charge in [-0.2, -0.15) is 4.68 Å². The Balaban J connectivity index is 1.33. The highest BCUT2D eigenvalue weighted by atomic mass is 35.5. The lowest BCUT2D eigenvalue weighted by atomic mass is 10.0. The van der Waals surface area contributed by atoms with Crippen LogP contribution in [0.15, 0.2) is 78.9 Å². The van der Waals surface area contributed by atoms with Gasteiger partial charge in [0, 0.05) is 24.8 Å². The first kappa shape index (κ1) is 23.9. The Morgan fingerprint density at radius 2 is 2.00 bits per heavy atom. The molecule has 0 aliphatic carbocycles. The van der Waals surface area contributed by atoms with Gasteiger partial charge < -0.3 is 10.2 Å². The Labute approximate surface area is 213 Å². The molecule has 1 amide bonds. The van der Waals surface area contributed by atoms with E-state index in [9.17, 15) is 4.79 Å². The van der Waals surface area contributed by atoms with Crippen LogP contribution in [0.4, 0.5) is 5.69 Å². The van der Waals surface area contributed by atoms with Gasteiger partial charge in [0.1, 0.15) is 12.4 Å². The molecule has 11 nitrogen and oxygen atoms in total. The van der Waals surface area contributed by atoms with Crippen molar-refractivity contribution in [1.29, 1.82) is 0 Å². The van der Waals surface area contributed by atoms with E-state index in [1.165, 1.54) is 11.0 Å². The van der Waals surface area contributed by atoms with Crippen molar-refractivity contribution >= 4 is 23.2 Å². The number of anilines is 1. The van der Waals surface area contributed by atoms with Gasteiger partial charge in [-0.15, -0.1) is 10.2 Å². The van der Waals surface area contributed by atoms with Crippen LogP contribution in [0.3, 0.4) is 0 Å². The van der Waals surface area contributed by atoms with Gasteiger partial charge in [0.15, 0.2) is 13.5 Å². The van der Waals surface area contributed by atoms with Gasteiger partial charge in [0.2, 0.25) is 5.91 Å². The molecule has 3 aromatic rings. The zero-order valence-corrected chi connectivity index (χ0v) is 20.3. The Bertz CT molecular complexity index is 1240. The average Bonchev–Trinajstić information content (AvgIpc) is 3.43. The number of rotatable bonds is 7. The van der Waals surface area contributed by atoms with Gasteiger partial charge in [-0.3, -0.25) is 14.5 Å².